The highest BCUT2D eigenvalue weighted by atomic mass is 32.2. The third-order valence-electron chi connectivity index (χ3n) is 4.17. The van der Waals surface area contributed by atoms with Gasteiger partial charge in [0.25, 0.3) is 5.91 Å². The quantitative estimate of drug-likeness (QED) is 0.514. The molecule has 3 rings (SSSR count). The number of fused-ring (bicyclic) bond motifs is 1. The summed E-state index contributed by atoms with van der Waals surface area (Å²) in [5, 5.41) is 2.92. The molecule has 3 aromatic rings. The number of sulfonamides is 1. The molecular formula is C20H19N3O5S. The number of carbonyl (C=O) groups excluding carboxylic acids is 1. The molecule has 9 heteroatoms. The molecule has 0 saturated carbocycles. The number of aromatic amines is 1. The highest BCUT2D eigenvalue weighted by Gasteiger charge is 2.15. The van der Waals surface area contributed by atoms with Gasteiger partial charge >= 0.3 is 0 Å². The second kappa shape index (κ2) is 8.29. The van der Waals surface area contributed by atoms with Gasteiger partial charge in [-0.2, -0.15) is 0 Å². The molecule has 1 aromatic heterocycles. The van der Waals surface area contributed by atoms with Gasteiger partial charge in [0.2, 0.25) is 15.5 Å². The fourth-order valence-corrected chi connectivity index (χ4v) is 3.66. The van der Waals surface area contributed by atoms with Crippen LogP contribution >= 0.6 is 0 Å². The molecule has 0 unspecified atom stereocenters. The summed E-state index contributed by atoms with van der Waals surface area (Å²) in [7, 11) is -2.17. The molecular weight excluding hydrogens is 394 g/mol. The van der Waals surface area contributed by atoms with Crippen molar-refractivity contribution in [2.75, 3.05) is 19.0 Å². The number of ether oxygens (including phenoxy) is 1. The molecule has 0 aliphatic rings. The molecule has 150 valence electrons. The van der Waals surface area contributed by atoms with Crippen molar-refractivity contribution in [3.8, 4) is 5.75 Å². The molecule has 0 radical (unpaired) electrons. The molecule has 1 heterocycles. The lowest BCUT2D eigenvalue weighted by Gasteiger charge is -2.08. The van der Waals surface area contributed by atoms with Gasteiger partial charge in [-0.3, -0.25) is 9.59 Å². The average Bonchev–Trinajstić information content (AvgIpc) is 2.72. The molecule has 0 saturated heterocycles. The van der Waals surface area contributed by atoms with E-state index in [-0.39, 0.29) is 17.0 Å². The zero-order chi connectivity index (χ0) is 21.0. The maximum Gasteiger partial charge on any atom is 0.261 e. The van der Waals surface area contributed by atoms with Gasteiger partial charge in [-0.1, -0.05) is 6.08 Å². The first-order valence-electron chi connectivity index (χ1n) is 8.57. The van der Waals surface area contributed by atoms with Crippen LogP contribution in [0.15, 0.2) is 71.0 Å². The number of benzene rings is 2. The molecule has 2 aromatic carbocycles. The van der Waals surface area contributed by atoms with Gasteiger partial charge in [-0.05, 0) is 42.5 Å². The molecule has 8 nitrogen and oxygen atoms in total. The highest BCUT2D eigenvalue weighted by molar-refractivity contribution is 7.89. The number of hydrogen-bond donors (Lipinski definition) is 3. The van der Waals surface area contributed by atoms with Crippen LogP contribution in [0.25, 0.3) is 10.9 Å². The van der Waals surface area contributed by atoms with E-state index in [1.807, 2.05) is 0 Å². The lowest BCUT2D eigenvalue weighted by Crippen LogP contribution is -2.24. The van der Waals surface area contributed by atoms with Crippen LogP contribution in [0.2, 0.25) is 0 Å². The summed E-state index contributed by atoms with van der Waals surface area (Å²) in [4.78, 5) is 28.2. The average molecular weight is 413 g/mol. The van der Waals surface area contributed by atoms with E-state index in [1.165, 1.54) is 43.6 Å². The predicted molar refractivity (Wildman–Crippen MR) is 111 cm³/mol. The summed E-state index contributed by atoms with van der Waals surface area (Å²) in [6.45, 7) is 3.57. The van der Waals surface area contributed by atoms with Gasteiger partial charge in [-0.25, -0.2) is 13.1 Å². The van der Waals surface area contributed by atoms with Gasteiger partial charge in [-0.15, -0.1) is 6.58 Å². The van der Waals surface area contributed by atoms with Gasteiger partial charge in [0.1, 0.15) is 11.3 Å². The Bertz CT molecular complexity index is 1230. The SMILES string of the molecule is C=CCNS(=O)(=O)c1ccc(NC(=O)c2c[nH]c3ccc(OC)cc3c2=O)cc1. The van der Waals surface area contributed by atoms with Crippen LogP contribution in [0.3, 0.4) is 0 Å². The molecule has 0 bridgehead atoms. The van der Waals surface area contributed by atoms with E-state index in [1.54, 1.807) is 18.2 Å². The topological polar surface area (TPSA) is 117 Å². The van der Waals surface area contributed by atoms with E-state index < -0.39 is 21.4 Å². The second-order valence-corrected chi connectivity index (χ2v) is 7.83. The first-order chi connectivity index (χ1) is 13.9. The van der Waals surface area contributed by atoms with Crippen LogP contribution in [0.4, 0.5) is 5.69 Å². The minimum Gasteiger partial charge on any atom is -0.497 e. The number of amides is 1. The summed E-state index contributed by atoms with van der Waals surface area (Å²) >= 11 is 0. The number of methoxy groups -OCH3 is 1. The Hall–Kier alpha value is -3.43. The van der Waals surface area contributed by atoms with Crippen molar-refractivity contribution in [1.82, 2.24) is 9.71 Å². The Balaban J connectivity index is 1.84. The number of anilines is 1. The Morgan fingerprint density at radius 3 is 2.59 bits per heavy atom. The molecule has 0 fully saturated rings. The summed E-state index contributed by atoms with van der Waals surface area (Å²) in [6, 6.07) is 10.6. The normalized spacial score (nSPS) is 11.2. The third-order valence-corrected chi connectivity index (χ3v) is 5.61. The van der Waals surface area contributed by atoms with Crippen LogP contribution in [0, 0.1) is 0 Å². The number of pyridine rings is 1. The summed E-state index contributed by atoms with van der Waals surface area (Å²) in [6.07, 6.45) is 2.77. The van der Waals surface area contributed by atoms with Gasteiger partial charge < -0.3 is 15.0 Å². The standard InChI is InChI=1S/C20H19N3O5S/c1-3-10-22-29(26,27)15-7-4-13(5-8-15)23-20(25)17-12-21-18-9-6-14(28-2)11-16(18)19(17)24/h3-9,11-12,22H,1,10H2,2H3,(H,21,24)(H,23,25). The van der Waals surface area contributed by atoms with E-state index >= 15 is 0 Å². The van der Waals surface area contributed by atoms with Crippen molar-refractivity contribution in [1.29, 1.82) is 0 Å². The fourth-order valence-electron chi connectivity index (χ4n) is 2.66. The third kappa shape index (κ3) is 4.36. The number of nitrogens with one attached hydrogen (secondary N) is 3. The summed E-state index contributed by atoms with van der Waals surface area (Å²) in [5.74, 6) is -0.112. The Morgan fingerprint density at radius 2 is 1.93 bits per heavy atom. The smallest absolute Gasteiger partial charge is 0.261 e. The monoisotopic (exact) mass is 413 g/mol. The number of carbonyl (C=O) groups is 1. The molecule has 29 heavy (non-hydrogen) atoms. The van der Waals surface area contributed by atoms with Crippen molar-refractivity contribution in [3.05, 3.63) is 77.1 Å². The molecule has 0 aliphatic heterocycles. The van der Waals surface area contributed by atoms with E-state index in [4.69, 9.17) is 4.74 Å². The second-order valence-electron chi connectivity index (χ2n) is 6.06. The summed E-state index contributed by atoms with van der Waals surface area (Å²) in [5.41, 5.74) is 0.412. The fraction of sp³-hybridized carbons (Fsp3) is 0.100. The number of aromatic nitrogens is 1. The van der Waals surface area contributed by atoms with Gasteiger partial charge in [0.15, 0.2) is 0 Å². The van der Waals surface area contributed by atoms with Crippen LogP contribution in [-0.4, -0.2) is 33.0 Å². The van der Waals surface area contributed by atoms with Gasteiger partial charge in [0, 0.05) is 29.3 Å². The number of rotatable bonds is 7. The Labute approximate surface area is 167 Å². The Kier molecular flexibility index (Phi) is 5.81. The molecule has 3 N–H and O–H groups in total. The van der Waals surface area contributed by atoms with E-state index in [2.05, 4.69) is 21.6 Å². The van der Waals surface area contributed by atoms with Crippen molar-refractivity contribution >= 4 is 32.5 Å². The van der Waals surface area contributed by atoms with Crippen LogP contribution in [0.5, 0.6) is 5.75 Å². The lowest BCUT2D eigenvalue weighted by molar-refractivity contribution is 0.102. The van der Waals surface area contributed by atoms with Crippen LogP contribution in [-0.2, 0) is 10.0 Å². The van der Waals surface area contributed by atoms with Gasteiger partial charge in [0.05, 0.1) is 12.0 Å². The minimum absolute atomic E-state index is 0.0491. The molecule has 0 atom stereocenters. The van der Waals surface area contributed by atoms with Crippen molar-refractivity contribution in [2.45, 2.75) is 4.90 Å². The molecule has 0 spiro atoms. The number of H-pyrrole nitrogens is 1. The molecule has 1 amide bonds. The largest absolute Gasteiger partial charge is 0.497 e. The maximum absolute atomic E-state index is 12.7. The van der Waals surface area contributed by atoms with Crippen molar-refractivity contribution in [3.63, 3.8) is 0 Å². The predicted octanol–water partition coefficient (Wildman–Crippen LogP) is 2.25. The number of hydrogen-bond acceptors (Lipinski definition) is 5. The maximum atomic E-state index is 12.7. The lowest BCUT2D eigenvalue weighted by atomic mass is 10.1. The van der Waals surface area contributed by atoms with E-state index in [0.717, 1.165) is 0 Å². The minimum atomic E-state index is -3.66. The van der Waals surface area contributed by atoms with Crippen LogP contribution in [0.1, 0.15) is 10.4 Å². The van der Waals surface area contributed by atoms with Crippen molar-refractivity contribution < 1.29 is 17.9 Å². The van der Waals surface area contributed by atoms with E-state index in [0.29, 0.717) is 22.3 Å². The van der Waals surface area contributed by atoms with Crippen LogP contribution < -0.4 is 20.2 Å². The zero-order valence-corrected chi connectivity index (χ0v) is 16.4. The van der Waals surface area contributed by atoms with E-state index in [9.17, 15) is 18.0 Å². The Morgan fingerprint density at radius 1 is 1.21 bits per heavy atom. The zero-order valence-electron chi connectivity index (χ0n) is 15.6. The van der Waals surface area contributed by atoms with Crippen molar-refractivity contribution in [2.24, 2.45) is 0 Å². The highest BCUT2D eigenvalue weighted by Crippen LogP contribution is 2.18. The molecule has 0 aliphatic carbocycles. The summed E-state index contributed by atoms with van der Waals surface area (Å²) < 4.78 is 31.6. The first kappa shape index (κ1) is 20.3. The first-order valence-corrected chi connectivity index (χ1v) is 10.1.